The average molecular weight is 307 g/mol. The van der Waals surface area contributed by atoms with Crippen LogP contribution in [0.2, 0.25) is 0 Å². The fraction of sp³-hybridized carbons (Fsp3) is 0.250. The molecule has 0 atom stereocenters. The number of aryl methyl sites for hydroxylation is 2. The first-order chi connectivity index (χ1) is 10.4. The van der Waals surface area contributed by atoms with Crippen LogP contribution in [0.4, 0.5) is 5.69 Å². The molecule has 116 valence electrons. The number of aromatic nitrogens is 4. The maximum Gasteiger partial charge on any atom is 0.358 e. The van der Waals surface area contributed by atoms with Gasteiger partial charge in [-0.05, 0) is 0 Å². The van der Waals surface area contributed by atoms with Crippen LogP contribution in [0.5, 0.6) is 0 Å². The Morgan fingerprint density at radius 3 is 2.32 bits per heavy atom. The molecule has 2 rings (SSSR count). The third-order valence-electron chi connectivity index (χ3n) is 2.95. The SMILES string of the molecule is COC(=O)c1c(NC(=O)c2c(C(=O)O)cnn2C)cnn1C. The summed E-state index contributed by atoms with van der Waals surface area (Å²) in [5.41, 5.74) is -0.248. The Labute approximate surface area is 124 Å². The first-order valence-electron chi connectivity index (χ1n) is 6.03. The van der Waals surface area contributed by atoms with E-state index in [0.29, 0.717) is 0 Å². The Balaban J connectivity index is 2.37. The van der Waals surface area contributed by atoms with E-state index in [-0.39, 0.29) is 22.6 Å². The Morgan fingerprint density at radius 2 is 1.73 bits per heavy atom. The number of carboxylic acids is 1. The molecular formula is C12H13N5O5. The minimum absolute atomic E-state index is 0.0369. The number of carbonyl (C=O) groups excluding carboxylic acids is 2. The van der Waals surface area contributed by atoms with Crippen LogP contribution in [0.3, 0.4) is 0 Å². The standard InChI is InChI=1S/C12H13N5O5/c1-16-8(6(4-13-16)11(19)20)10(18)15-7-5-14-17(2)9(7)12(21)22-3/h4-5H,1-3H3,(H,15,18)(H,19,20). The normalized spacial score (nSPS) is 10.3. The van der Waals surface area contributed by atoms with Gasteiger partial charge in [0.2, 0.25) is 0 Å². The second-order valence-electron chi connectivity index (χ2n) is 4.31. The monoisotopic (exact) mass is 307 g/mol. The molecule has 2 aromatic heterocycles. The highest BCUT2D eigenvalue weighted by Crippen LogP contribution is 2.17. The highest BCUT2D eigenvalue weighted by atomic mass is 16.5. The molecule has 0 aliphatic heterocycles. The van der Waals surface area contributed by atoms with Gasteiger partial charge in [0, 0.05) is 14.1 Å². The van der Waals surface area contributed by atoms with E-state index in [2.05, 4.69) is 20.3 Å². The summed E-state index contributed by atoms with van der Waals surface area (Å²) < 4.78 is 6.98. The summed E-state index contributed by atoms with van der Waals surface area (Å²) in [4.78, 5) is 35.0. The highest BCUT2D eigenvalue weighted by Gasteiger charge is 2.25. The molecule has 2 heterocycles. The average Bonchev–Trinajstić information content (AvgIpc) is 3.01. The lowest BCUT2D eigenvalue weighted by Gasteiger charge is -2.07. The smallest absolute Gasteiger partial charge is 0.358 e. The molecule has 0 aliphatic carbocycles. The summed E-state index contributed by atoms with van der Waals surface area (Å²) in [7, 11) is 4.14. The van der Waals surface area contributed by atoms with Crippen LogP contribution < -0.4 is 5.32 Å². The first-order valence-corrected chi connectivity index (χ1v) is 6.03. The maximum atomic E-state index is 12.3. The van der Waals surface area contributed by atoms with E-state index in [1.54, 1.807) is 0 Å². The molecular weight excluding hydrogens is 294 g/mol. The lowest BCUT2D eigenvalue weighted by atomic mass is 10.2. The van der Waals surface area contributed by atoms with Gasteiger partial charge in [-0.1, -0.05) is 0 Å². The van der Waals surface area contributed by atoms with Gasteiger partial charge in [0.25, 0.3) is 5.91 Å². The molecule has 10 heteroatoms. The molecule has 0 saturated carbocycles. The molecule has 0 saturated heterocycles. The molecule has 0 aliphatic rings. The van der Waals surface area contributed by atoms with Crippen LogP contribution in [-0.2, 0) is 18.8 Å². The van der Waals surface area contributed by atoms with Crippen molar-refractivity contribution in [2.75, 3.05) is 12.4 Å². The Bertz CT molecular complexity index is 760. The molecule has 0 fully saturated rings. The van der Waals surface area contributed by atoms with Gasteiger partial charge in [0.15, 0.2) is 5.69 Å². The van der Waals surface area contributed by atoms with E-state index in [1.165, 1.54) is 32.1 Å². The van der Waals surface area contributed by atoms with E-state index < -0.39 is 17.8 Å². The minimum atomic E-state index is -1.28. The van der Waals surface area contributed by atoms with Crippen molar-refractivity contribution in [3.63, 3.8) is 0 Å². The zero-order chi connectivity index (χ0) is 16.4. The fourth-order valence-electron chi connectivity index (χ4n) is 1.91. The van der Waals surface area contributed by atoms with Crippen LogP contribution in [-0.4, -0.2) is 49.6 Å². The fourth-order valence-corrected chi connectivity index (χ4v) is 1.91. The van der Waals surface area contributed by atoms with Crippen molar-refractivity contribution in [1.82, 2.24) is 19.6 Å². The van der Waals surface area contributed by atoms with Crippen LogP contribution in [0.15, 0.2) is 12.4 Å². The van der Waals surface area contributed by atoms with Gasteiger partial charge < -0.3 is 15.2 Å². The Hall–Kier alpha value is -3.17. The van der Waals surface area contributed by atoms with Gasteiger partial charge in [-0.25, -0.2) is 9.59 Å². The number of ether oxygens (including phenoxy) is 1. The van der Waals surface area contributed by atoms with Crippen LogP contribution in [0, 0.1) is 0 Å². The van der Waals surface area contributed by atoms with Gasteiger partial charge in [0.1, 0.15) is 11.3 Å². The van der Waals surface area contributed by atoms with Gasteiger partial charge in [-0.3, -0.25) is 14.2 Å². The summed E-state index contributed by atoms with van der Waals surface area (Å²) in [5, 5.41) is 19.1. The van der Waals surface area contributed by atoms with Crippen LogP contribution >= 0.6 is 0 Å². The third kappa shape index (κ3) is 2.53. The number of hydrogen-bond donors (Lipinski definition) is 2. The number of nitrogens with one attached hydrogen (secondary N) is 1. The zero-order valence-corrected chi connectivity index (χ0v) is 12.0. The van der Waals surface area contributed by atoms with Crippen molar-refractivity contribution in [3.05, 3.63) is 29.3 Å². The van der Waals surface area contributed by atoms with E-state index in [0.717, 1.165) is 10.9 Å². The van der Waals surface area contributed by atoms with E-state index in [1.807, 2.05) is 0 Å². The van der Waals surface area contributed by atoms with Gasteiger partial charge in [-0.2, -0.15) is 10.2 Å². The quantitative estimate of drug-likeness (QED) is 0.754. The predicted molar refractivity (Wildman–Crippen MR) is 72.7 cm³/mol. The van der Waals surface area contributed by atoms with Crippen molar-refractivity contribution in [2.24, 2.45) is 14.1 Å². The number of rotatable bonds is 4. The van der Waals surface area contributed by atoms with E-state index >= 15 is 0 Å². The molecule has 0 spiro atoms. The Kier molecular flexibility index (Phi) is 3.93. The van der Waals surface area contributed by atoms with Crippen molar-refractivity contribution >= 4 is 23.5 Å². The molecule has 22 heavy (non-hydrogen) atoms. The summed E-state index contributed by atoms with van der Waals surface area (Å²) in [6, 6.07) is 0. The number of nitrogens with zero attached hydrogens (tertiary/aromatic N) is 4. The largest absolute Gasteiger partial charge is 0.478 e. The molecule has 2 aromatic rings. The molecule has 2 N–H and O–H groups in total. The number of carbonyl (C=O) groups is 3. The molecule has 0 unspecified atom stereocenters. The number of aromatic carboxylic acids is 1. The lowest BCUT2D eigenvalue weighted by molar-refractivity contribution is 0.0588. The topological polar surface area (TPSA) is 128 Å². The van der Waals surface area contributed by atoms with Crippen LogP contribution in [0.1, 0.15) is 31.3 Å². The number of anilines is 1. The molecule has 10 nitrogen and oxygen atoms in total. The van der Waals surface area contributed by atoms with E-state index in [9.17, 15) is 14.4 Å². The van der Waals surface area contributed by atoms with Crippen molar-refractivity contribution in [3.8, 4) is 0 Å². The summed E-state index contributed by atoms with van der Waals surface area (Å²) >= 11 is 0. The Morgan fingerprint density at radius 1 is 1.14 bits per heavy atom. The second-order valence-corrected chi connectivity index (χ2v) is 4.31. The van der Waals surface area contributed by atoms with Gasteiger partial charge in [-0.15, -0.1) is 0 Å². The van der Waals surface area contributed by atoms with Crippen molar-refractivity contribution in [1.29, 1.82) is 0 Å². The van der Waals surface area contributed by atoms with Gasteiger partial charge >= 0.3 is 11.9 Å². The number of amides is 1. The summed E-state index contributed by atoms with van der Waals surface area (Å²) in [6.07, 6.45) is 2.34. The molecule has 0 radical (unpaired) electrons. The molecule has 1 amide bonds. The maximum absolute atomic E-state index is 12.3. The molecule has 0 aromatic carbocycles. The zero-order valence-electron chi connectivity index (χ0n) is 12.0. The van der Waals surface area contributed by atoms with Crippen molar-refractivity contribution in [2.45, 2.75) is 0 Å². The summed E-state index contributed by atoms with van der Waals surface area (Å²) in [6.45, 7) is 0. The summed E-state index contributed by atoms with van der Waals surface area (Å²) in [5.74, 6) is -2.69. The van der Waals surface area contributed by atoms with E-state index in [4.69, 9.17) is 5.11 Å². The van der Waals surface area contributed by atoms with Gasteiger partial charge in [0.05, 0.1) is 25.2 Å². The predicted octanol–water partition coefficient (Wildman–Crippen LogP) is -0.109. The minimum Gasteiger partial charge on any atom is -0.478 e. The second kappa shape index (κ2) is 5.68. The first kappa shape index (κ1) is 15.2. The van der Waals surface area contributed by atoms with Crippen LogP contribution in [0.25, 0.3) is 0 Å². The molecule has 0 bridgehead atoms. The number of carboxylic acid groups (broad SMARTS) is 1. The third-order valence-corrected chi connectivity index (χ3v) is 2.95. The highest BCUT2D eigenvalue weighted by molar-refractivity contribution is 6.11. The van der Waals surface area contributed by atoms with Crippen molar-refractivity contribution < 1.29 is 24.2 Å². The number of methoxy groups -OCH3 is 1. The number of hydrogen-bond acceptors (Lipinski definition) is 6. The number of esters is 1. The lowest BCUT2D eigenvalue weighted by Crippen LogP contribution is -2.21.